The second-order valence-electron chi connectivity index (χ2n) is 6.28. The summed E-state index contributed by atoms with van der Waals surface area (Å²) in [6, 6.07) is 16.4. The molecule has 0 bridgehead atoms. The molecule has 0 fully saturated rings. The van der Waals surface area contributed by atoms with Crippen molar-refractivity contribution in [1.29, 1.82) is 0 Å². The molecule has 0 spiro atoms. The van der Waals surface area contributed by atoms with E-state index < -0.39 is 5.54 Å². The second-order valence-corrected chi connectivity index (χ2v) is 6.28. The molecule has 0 aromatic heterocycles. The molecular weight excluding hydrogens is 316 g/mol. The standard InChI is InChI=1S/C19H24N4O2/c1-19(20,15-9-5-4-6-10-15)17(24)21-13-14-8-7-11-16(12-14)22-18(25)23(2)3/h4-12H,13,20H2,1-3H3,(H,21,24)(H,22,25). The number of urea groups is 1. The lowest BCUT2D eigenvalue weighted by Gasteiger charge is -2.24. The highest BCUT2D eigenvalue weighted by molar-refractivity contribution is 5.89. The molecule has 0 heterocycles. The van der Waals surface area contributed by atoms with E-state index in [0.717, 1.165) is 11.1 Å². The summed E-state index contributed by atoms with van der Waals surface area (Å²) in [5.41, 5.74) is 7.38. The van der Waals surface area contributed by atoms with Crippen LogP contribution in [-0.4, -0.2) is 30.9 Å². The third kappa shape index (κ3) is 4.81. The molecule has 6 heteroatoms. The predicted octanol–water partition coefficient (Wildman–Crippen LogP) is 2.27. The maximum atomic E-state index is 12.5. The zero-order valence-electron chi connectivity index (χ0n) is 14.7. The Morgan fingerprint density at radius 3 is 2.40 bits per heavy atom. The molecule has 4 N–H and O–H groups in total. The number of anilines is 1. The van der Waals surface area contributed by atoms with Gasteiger partial charge in [-0.15, -0.1) is 0 Å². The quantitative estimate of drug-likeness (QED) is 0.780. The Hall–Kier alpha value is -2.86. The van der Waals surface area contributed by atoms with Crippen LogP contribution in [0.2, 0.25) is 0 Å². The van der Waals surface area contributed by atoms with Crippen LogP contribution in [0.15, 0.2) is 54.6 Å². The van der Waals surface area contributed by atoms with E-state index >= 15 is 0 Å². The molecule has 0 saturated heterocycles. The fourth-order valence-corrected chi connectivity index (χ4v) is 2.28. The smallest absolute Gasteiger partial charge is 0.321 e. The Morgan fingerprint density at radius 2 is 1.76 bits per heavy atom. The number of hydrogen-bond donors (Lipinski definition) is 3. The molecule has 0 aliphatic carbocycles. The van der Waals surface area contributed by atoms with E-state index in [1.54, 1.807) is 27.1 Å². The number of nitrogens with two attached hydrogens (primary N) is 1. The third-order valence-corrected chi connectivity index (χ3v) is 3.88. The number of rotatable bonds is 5. The van der Waals surface area contributed by atoms with Crippen molar-refractivity contribution in [2.45, 2.75) is 19.0 Å². The molecule has 2 aromatic rings. The average molecular weight is 340 g/mol. The zero-order valence-corrected chi connectivity index (χ0v) is 14.7. The minimum atomic E-state index is -1.11. The molecule has 1 unspecified atom stereocenters. The molecule has 2 rings (SSSR count). The second kappa shape index (κ2) is 7.81. The van der Waals surface area contributed by atoms with Gasteiger partial charge in [0.1, 0.15) is 5.54 Å². The Kier molecular flexibility index (Phi) is 5.77. The summed E-state index contributed by atoms with van der Waals surface area (Å²) < 4.78 is 0. The number of carbonyl (C=O) groups is 2. The van der Waals surface area contributed by atoms with Gasteiger partial charge in [0.2, 0.25) is 5.91 Å². The SMILES string of the molecule is CN(C)C(=O)Nc1cccc(CNC(=O)C(C)(N)c2ccccc2)c1. The first kappa shape index (κ1) is 18.5. The molecule has 6 nitrogen and oxygen atoms in total. The van der Waals surface area contributed by atoms with E-state index in [9.17, 15) is 9.59 Å². The van der Waals surface area contributed by atoms with Crippen LogP contribution in [0.1, 0.15) is 18.1 Å². The van der Waals surface area contributed by atoms with Crippen molar-refractivity contribution in [3.8, 4) is 0 Å². The highest BCUT2D eigenvalue weighted by Gasteiger charge is 2.29. The molecule has 132 valence electrons. The largest absolute Gasteiger partial charge is 0.350 e. The Balaban J connectivity index is 2.01. The minimum Gasteiger partial charge on any atom is -0.350 e. The van der Waals surface area contributed by atoms with E-state index in [1.165, 1.54) is 4.90 Å². The number of benzene rings is 2. The number of nitrogens with zero attached hydrogens (tertiary/aromatic N) is 1. The minimum absolute atomic E-state index is 0.209. The lowest BCUT2D eigenvalue weighted by atomic mass is 9.92. The summed E-state index contributed by atoms with van der Waals surface area (Å²) in [4.78, 5) is 25.6. The first-order valence-corrected chi connectivity index (χ1v) is 8.00. The Morgan fingerprint density at radius 1 is 1.08 bits per heavy atom. The van der Waals surface area contributed by atoms with Crippen molar-refractivity contribution >= 4 is 17.6 Å². The third-order valence-electron chi connectivity index (χ3n) is 3.88. The maximum absolute atomic E-state index is 12.5. The van der Waals surface area contributed by atoms with E-state index in [2.05, 4.69) is 10.6 Å². The molecule has 1 atom stereocenters. The van der Waals surface area contributed by atoms with Crippen LogP contribution in [-0.2, 0) is 16.9 Å². The first-order chi connectivity index (χ1) is 11.8. The zero-order chi connectivity index (χ0) is 18.4. The maximum Gasteiger partial charge on any atom is 0.321 e. The number of nitrogens with one attached hydrogen (secondary N) is 2. The van der Waals surface area contributed by atoms with Crippen molar-refractivity contribution in [1.82, 2.24) is 10.2 Å². The van der Waals surface area contributed by atoms with Gasteiger partial charge in [0.15, 0.2) is 0 Å². The van der Waals surface area contributed by atoms with E-state index in [-0.39, 0.29) is 11.9 Å². The first-order valence-electron chi connectivity index (χ1n) is 8.00. The van der Waals surface area contributed by atoms with Gasteiger partial charge in [0.05, 0.1) is 0 Å². The molecular formula is C19H24N4O2. The van der Waals surface area contributed by atoms with Crippen molar-refractivity contribution in [2.24, 2.45) is 5.73 Å². The monoisotopic (exact) mass is 340 g/mol. The molecule has 25 heavy (non-hydrogen) atoms. The lowest BCUT2D eigenvalue weighted by Crippen LogP contribution is -2.48. The highest BCUT2D eigenvalue weighted by Crippen LogP contribution is 2.18. The topological polar surface area (TPSA) is 87.5 Å². The number of carbonyl (C=O) groups excluding carboxylic acids is 2. The van der Waals surface area contributed by atoms with E-state index in [4.69, 9.17) is 5.73 Å². The van der Waals surface area contributed by atoms with Gasteiger partial charge in [0, 0.05) is 26.3 Å². The van der Waals surface area contributed by atoms with Gasteiger partial charge in [0.25, 0.3) is 0 Å². The summed E-state index contributed by atoms with van der Waals surface area (Å²) >= 11 is 0. The predicted molar refractivity (Wildman–Crippen MR) is 99.0 cm³/mol. The van der Waals surface area contributed by atoms with Gasteiger partial charge in [-0.2, -0.15) is 0 Å². The summed E-state index contributed by atoms with van der Waals surface area (Å²) in [5.74, 6) is -0.263. The van der Waals surface area contributed by atoms with Crippen molar-refractivity contribution in [3.05, 3.63) is 65.7 Å². The Labute approximate surface area is 148 Å². The molecule has 0 saturated carbocycles. The van der Waals surface area contributed by atoms with Crippen LogP contribution in [0, 0.1) is 0 Å². The Bertz CT molecular complexity index is 742. The molecule has 2 aromatic carbocycles. The number of hydrogen-bond acceptors (Lipinski definition) is 3. The summed E-state index contributed by atoms with van der Waals surface area (Å²) in [6.45, 7) is 2.01. The van der Waals surface area contributed by atoms with E-state index in [0.29, 0.717) is 12.2 Å². The highest BCUT2D eigenvalue weighted by atomic mass is 16.2. The van der Waals surface area contributed by atoms with Crippen LogP contribution < -0.4 is 16.4 Å². The summed E-state index contributed by atoms with van der Waals surface area (Å²) in [5, 5.41) is 5.63. The summed E-state index contributed by atoms with van der Waals surface area (Å²) in [6.07, 6.45) is 0. The fraction of sp³-hybridized carbons (Fsp3) is 0.263. The van der Waals surface area contributed by atoms with Crippen molar-refractivity contribution in [3.63, 3.8) is 0 Å². The van der Waals surface area contributed by atoms with Crippen LogP contribution in [0.25, 0.3) is 0 Å². The lowest BCUT2D eigenvalue weighted by molar-refractivity contribution is -0.126. The summed E-state index contributed by atoms with van der Waals surface area (Å²) in [7, 11) is 3.34. The van der Waals surface area contributed by atoms with Crippen LogP contribution in [0.5, 0.6) is 0 Å². The molecule has 0 radical (unpaired) electrons. The van der Waals surface area contributed by atoms with Gasteiger partial charge in [-0.05, 0) is 30.2 Å². The van der Waals surface area contributed by atoms with Gasteiger partial charge in [-0.3, -0.25) is 4.79 Å². The van der Waals surface area contributed by atoms with Crippen molar-refractivity contribution < 1.29 is 9.59 Å². The molecule has 3 amide bonds. The van der Waals surface area contributed by atoms with Gasteiger partial charge < -0.3 is 21.3 Å². The van der Waals surface area contributed by atoms with Crippen LogP contribution >= 0.6 is 0 Å². The van der Waals surface area contributed by atoms with E-state index in [1.807, 2.05) is 48.5 Å². The number of amides is 3. The fourth-order valence-electron chi connectivity index (χ4n) is 2.28. The van der Waals surface area contributed by atoms with Crippen molar-refractivity contribution in [2.75, 3.05) is 19.4 Å². The van der Waals surface area contributed by atoms with Gasteiger partial charge in [-0.1, -0.05) is 42.5 Å². The van der Waals surface area contributed by atoms with Gasteiger partial charge in [-0.25, -0.2) is 4.79 Å². The van der Waals surface area contributed by atoms with Crippen LogP contribution in [0.3, 0.4) is 0 Å². The van der Waals surface area contributed by atoms with Gasteiger partial charge >= 0.3 is 6.03 Å². The normalized spacial score (nSPS) is 12.8. The molecule has 0 aliphatic heterocycles. The average Bonchev–Trinajstić information content (AvgIpc) is 2.60. The molecule has 0 aliphatic rings. The van der Waals surface area contributed by atoms with Crippen LogP contribution in [0.4, 0.5) is 10.5 Å².